The molecule has 2 heterocycles. The fraction of sp³-hybridized carbons (Fsp3) is 0. The number of nitrogens with zero attached hydrogens (tertiary/aromatic N) is 1. The third-order valence-corrected chi connectivity index (χ3v) is 3.89. The molecule has 0 radical (unpaired) electrons. The number of benzene rings is 2. The van der Waals surface area contributed by atoms with E-state index in [1.54, 1.807) is 0 Å². The highest BCUT2D eigenvalue weighted by Gasteiger charge is 2.22. The third kappa shape index (κ3) is 1.89. The molecule has 120 valence electrons. The van der Waals surface area contributed by atoms with Crippen molar-refractivity contribution in [3.8, 4) is 17.1 Å². The van der Waals surface area contributed by atoms with Gasteiger partial charge in [0.2, 0.25) is 0 Å². The van der Waals surface area contributed by atoms with Crippen LogP contribution in [0.25, 0.3) is 33.1 Å². The number of hydrogen-bond acceptors (Lipinski definition) is 3. The molecule has 0 fully saturated rings. The minimum atomic E-state index is -1.13. The number of aromatic hydroxyl groups is 1. The first-order chi connectivity index (χ1) is 11.5. The lowest BCUT2D eigenvalue weighted by molar-refractivity contribution is 0.460. The standard InChI is InChI=1S/C16H8F3N3O2/c17-6-1-2-11-7(3-6)13(16(23)21-11)15-14(22-24)8-4-9(18)10(19)5-12(8)20-15/h1-5,20-21,23H. The van der Waals surface area contributed by atoms with E-state index in [4.69, 9.17) is 0 Å². The van der Waals surface area contributed by atoms with Gasteiger partial charge in [0, 0.05) is 22.4 Å². The van der Waals surface area contributed by atoms with Crippen molar-refractivity contribution in [3.63, 3.8) is 0 Å². The third-order valence-electron chi connectivity index (χ3n) is 3.89. The summed E-state index contributed by atoms with van der Waals surface area (Å²) in [7, 11) is 0. The van der Waals surface area contributed by atoms with Crippen LogP contribution in [0.4, 0.5) is 18.9 Å². The quantitative estimate of drug-likeness (QED) is 0.460. The van der Waals surface area contributed by atoms with Gasteiger partial charge in [0.15, 0.2) is 17.5 Å². The highest BCUT2D eigenvalue weighted by atomic mass is 19.2. The fourth-order valence-electron chi connectivity index (χ4n) is 2.85. The summed E-state index contributed by atoms with van der Waals surface area (Å²) in [5.74, 6) is -3.10. The maximum absolute atomic E-state index is 13.5. The second-order valence-electron chi connectivity index (χ2n) is 5.29. The molecule has 0 spiro atoms. The minimum absolute atomic E-state index is 0.0411. The van der Waals surface area contributed by atoms with Gasteiger partial charge in [-0.05, 0) is 29.4 Å². The summed E-state index contributed by atoms with van der Waals surface area (Å²) in [5, 5.41) is 13.4. The zero-order chi connectivity index (χ0) is 17.0. The van der Waals surface area contributed by atoms with Crippen molar-refractivity contribution >= 4 is 27.5 Å². The fourth-order valence-corrected chi connectivity index (χ4v) is 2.85. The van der Waals surface area contributed by atoms with Gasteiger partial charge in [0.05, 0.1) is 16.8 Å². The molecule has 0 saturated heterocycles. The van der Waals surface area contributed by atoms with Crippen LogP contribution in [-0.4, -0.2) is 15.1 Å². The lowest BCUT2D eigenvalue weighted by atomic mass is 10.1. The zero-order valence-corrected chi connectivity index (χ0v) is 11.8. The van der Waals surface area contributed by atoms with Crippen LogP contribution in [0.1, 0.15) is 0 Å². The van der Waals surface area contributed by atoms with Crippen molar-refractivity contribution < 1.29 is 18.3 Å². The van der Waals surface area contributed by atoms with E-state index in [1.807, 2.05) is 0 Å². The second kappa shape index (κ2) is 4.85. The maximum Gasteiger partial charge on any atom is 0.199 e. The van der Waals surface area contributed by atoms with Crippen LogP contribution in [0.3, 0.4) is 0 Å². The van der Waals surface area contributed by atoms with E-state index in [2.05, 4.69) is 15.1 Å². The lowest BCUT2D eigenvalue weighted by Gasteiger charge is -1.98. The van der Waals surface area contributed by atoms with Crippen LogP contribution in [0.2, 0.25) is 0 Å². The van der Waals surface area contributed by atoms with Crippen molar-refractivity contribution in [2.45, 2.75) is 0 Å². The van der Waals surface area contributed by atoms with E-state index in [0.29, 0.717) is 10.9 Å². The number of halogens is 3. The van der Waals surface area contributed by atoms with Crippen LogP contribution in [0.5, 0.6) is 5.88 Å². The molecule has 0 unspecified atom stereocenters. The van der Waals surface area contributed by atoms with Gasteiger partial charge in [-0.3, -0.25) is 0 Å². The highest BCUT2D eigenvalue weighted by molar-refractivity contribution is 6.07. The Morgan fingerprint density at radius 3 is 2.42 bits per heavy atom. The molecule has 0 aliphatic carbocycles. The van der Waals surface area contributed by atoms with Crippen LogP contribution in [0, 0.1) is 22.4 Å². The van der Waals surface area contributed by atoms with Gasteiger partial charge in [0.25, 0.3) is 0 Å². The lowest BCUT2D eigenvalue weighted by Crippen LogP contribution is -1.82. The van der Waals surface area contributed by atoms with Crippen LogP contribution in [0.15, 0.2) is 35.5 Å². The van der Waals surface area contributed by atoms with Gasteiger partial charge in [0.1, 0.15) is 11.5 Å². The summed E-state index contributed by atoms with van der Waals surface area (Å²) in [6, 6.07) is 5.52. The normalized spacial score (nSPS) is 11.5. The molecule has 0 aliphatic heterocycles. The number of nitroso groups, excluding NO2 is 1. The molecular formula is C16H8F3N3O2. The summed E-state index contributed by atoms with van der Waals surface area (Å²) < 4.78 is 40.4. The molecule has 2 aromatic carbocycles. The van der Waals surface area contributed by atoms with Crippen molar-refractivity contribution in [2.75, 3.05) is 0 Å². The molecule has 0 bridgehead atoms. The van der Waals surface area contributed by atoms with Crippen LogP contribution < -0.4 is 0 Å². The minimum Gasteiger partial charge on any atom is -0.494 e. The van der Waals surface area contributed by atoms with Gasteiger partial charge in [-0.15, -0.1) is 4.91 Å². The Hall–Kier alpha value is -3.29. The second-order valence-corrected chi connectivity index (χ2v) is 5.29. The first-order valence-electron chi connectivity index (χ1n) is 6.84. The molecule has 5 nitrogen and oxygen atoms in total. The van der Waals surface area contributed by atoms with E-state index in [1.165, 1.54) is 18.2 Å². The van der Waals surface area contributed by atoms with E-state index in [-0.39, 0.29) is 33.7 Å². The van der Waals surface area contributed by atoms with Crippen LogP contribution in [-0.2, 0) is 0 Å². The number of nitrogens with one attached hydrogen (secondary N) is 2. The molecule has 8 heteroatoms. The first-order valence-corrected chi connectivity index (χ1v) is 6.84. The van der Waals surface area contributed by atoms with Gasteiger partial charge >= 0.3 is 0 Å². The molecule has 0 saturated carbocycles. The monoisotopic (exact) mass is 331 g/mol. The topological polar surface area (TPSA) is 81.2 Å². The summed E-state index contributed by atoms with van der Waals surface area (Å²) >= 11 is 0. The zero-order valence-electron chi connectivity index (χ0n) is 11.8. The molecule has 4 aromatic rings. The molecular weight excluding hydrogens is 323 g/mol. The number of hydrogen-bond donors (Lipinski definition) is 3. The highest BCUT2D eigenvalue weighted by Crippen LogP contribution is 2.44. The molecule has 4 rings (SSSR count). The summed E-state index contributed by atoms with van der Waals surface area (Å²) in [4.78, 5) is 16.6. The van der Waals surface area contributed by atoms with Crippen molar-refractivity contribution in [2.24, 2.45) is 5.18 Å². The number of rotatable bonds is 2. The maximum atomic E-state index is 13.5. The smallest absolute Gasteiger partial charge is 0.199 e. The van der Waals surface area contributed by atoms with E-state index in [0.717, 1.165) is 12.1 Å². The largest absolute Gasteiger partial charge is 0.494 e. The van der Waals surface area contributed by atoms with Gasteiger partial charge in [-0.1, -0.05) is 0 Å². The molecule has 3 N–H and O–H groups in total. The first kappa shape index (κ1) is 14.3. The average molecular weight is 331 g/mol. The summed E-state index contributed by atoms with van der Waals surface area (Å²) in [5.41, 5.74) is 0.486. The van der Waals surface area contributed by atoms with Crippen molar-refractivity contribution in [1.82, 2.24) is 9.97 Å². The van der Waals surface area contributed by atoms with E-state index in [9.17, 15) is 23.2 Å². The number of aromatic amines is 2. The Labute approximate surface area is 131 Å². The molecule has 24 heavy (non-hydrogen) atoms. The SMILES string of the molecule is O=Nc1c(-c2c(O)[nH]c3ccc(F)cc23)[nH]c2cc(F)c(F)cc12. The summed E-state index contributed by atoms with van der Waals surface area (Å²) in [6.07, 6.45) is 0. The number of aromatic nitrogens is 2. The Bertz CT molecular complexity index is 1130. The predicted octanol–water partition coefficient (Wildman–Crippen LogP) is 4.84. The van der Waals surface area contributed by atoms with Crippen molar-refractivity contribution in [3.05, 3.63) is 52.7 Å². The Kier molecular flexibility index (Phi) is 2.89. The molecule has 0 amide bonds. The molecule has 0 atom stereocenters. The van der Waals surface area contributed by atoms with E-state index >= 15 is 0 Å². The Morgan fingerprint density at radius 2 is 1.67 bits per heavy atom. The average Bonchev–Trinajstić information content (AvgIpc) is 3.03. The van der Waals surface area contributed by atoms with Gasteiger partial charge in [-0.25, -0.2) is 13.2 Å². The van der Waals surface area contributed by atoms with Crippen molar-refractivity contribution in [1.29, 1.82) is 0 Å². The number of H-pyrrole nitrogens is 2. The van der Waals surface area contributed by atoms with Gasteiger partial charge in [-0.2, -0.15) is 0 Å². The Balaban J connectivity index is 2.12. The number of fused-ring (bicyclic) bond motifs is 2. The van der Waals surface area contributed by atoms with E-state index < -0.39 is 17.5 Å². The molecule has 2 aromatic heterocycles. The van der Waals surface area contributed by atoms with Gasteiger partial charge < -0.3 is 15.1 Å². The summed E-state index contributed by atoms with van der Waals surface area (Å²) in [6.45, 7) is 0. The van der Waals surface area contributed by atoms with Crippen LogP contribution >= 0.6 is 0 Å². The molecule has 0 aliphatic rings. The predicted molar refractivity (Wildman–Crippen MR) is 82.6 cm³/mol. The Morgan fingerprint density at radius 1 is 0.917 bits per heavy atom.